The smallest absolute Gasteiger partial charge is 0.254 e. The van der Waals surface area contributed by atoms with Crippen LogP contribution in [0.3, 0.4) is 0 Å². The van der Waals surface area contributed by atoms with Gasteiger partial charge in [0.1, 0.15) is 0 Å². The van der Waals surface area contributed by atoms with E-state index in [0.717, 1.165) is 5.56 Å². The molecule has 3 nitrogen and oxygen atoms in total. The Balaban J connectivity index is 1.79. The number of alkyl halides is 2. The summed E-state index contributed by atoms with van der Waals surface area (Å²) in [6, 6.07) is 6.96. The number of hydrogen-bond donors (Lipinski definition) is 0. The van der Waals surface area contributed by atoms with Crippen LogP contribution in [-0.4, -0.2) is 22.8 Å². The number of nitrogens with zero attached hydrogens (tertiary/aromatic N) is 2. The second kappa shape index (κ2) is 4.55. The van der Waals surface area contributed by atoms with Crippen molar-refractivity contribution in [3.8, 4) is 6.07 Å². The number of benzene rings is 1. The third kappa shape index (κ3) is 2.15. The molecular weight excluding hydrogens is 262 g/mol. The van der Waals surface area contributed by atoms with Crippen LogP contribution >= 0.6 is 0 Å². The number of carbonyl (C=O) groups is 1. The molecule has 0 unspecified atom stereocenters. The molecule has 0 aromatic heterocycles. The second-order valence-corrected chi connectivity index (χ2v) is 5.50. The fourth-order valence-corrected chi connectivity index (χ4v) is 3.02. The molecule has 1 saturated carbocycles. The maximum absolute atomic E-state index is 13.2. The van der Waals surface area contributed by atoms with Gasteiger partial charge in [-0.3, -0.25) is 4.79 Å². The normalized spacial score (nSPS) is 21.6. The largest absolute Gasteiger partial charge is 0.331 e. The molecule has 1 aliphatic heterocycles. The average molecular weight is 276 g/mol. The Labute approximate surface area is 115 Å². The van der Waals surface area contributed by atoms with Crippen molar-refractivity contribution < 1.29 is 13.6 Å². The zero-order chi connectivity index (χ0) is 14.3. The maximum atomic E-state index is 13.2. The summed E-state index contributed by atoms with van der Waals surface area (Å²) in [6.45, 7) is 0.468. The van der Waals surface area contributed by atoms with Gasteiger partial charge < -0.3 is 4.90 Å². The van der Waals surface area contributed by atoms with Gasteiger partial charge in [0.2, 0.25) is 5.92 Å². The van der Waals surface area contributed by atoms with E-state index < -0.39 is 5.92 Å². The number of hydrogen-bond acceptors (Lipinski definition) is 2. The summed E-state index contributed by atoms with van der Waals surface area (Å²) in [5.74, 6) is -2.72. The van der Waals surface area contributed by atoms with Gasteiger partial charge in [0.25, 0.3) is 5.91 Å². The molecule has 0 atom stereocenters. The highest BCUT2D eigenvalue weighted by Gasteiger charge is 2.40. The van der Waals surface area contributed by atoms with Gasteiger partial charge in [0.05, 0.1) is 11.6 Å². The zero-order valence-corrected chi connectivity index (χ0v) is 10.9. The molecule has 0 saturated heterocycles. The van der Waals surface area contributed by atoms with Gasteiger partial charge >= 0.3 is 0 Å². The predicted molar refractivity (Wildman–Crippen MR) is 68.2 cm³/mol. The number of nitriles is 1. The Morgan fingerprint density at radius 2 is 2.00 bits per heavy atom. The van der Waals surface area contributed by atoms with E-state index >= 15 is 0 Å². The zero-order valence-electron chi connectivity index (χ0n) is 10.9. The molecule has 3 rings (SSSR count). The van der Waals surface area contributed by atoms with Crippen LogP contribution in [0.4, 0.5) is 8.78 Å². The topological polar surface area (TPSA) is 44.1 Å². The third-order valence-electron chi connectivity index (χ3n) is 4.20. The lowest BCUT2D eigenvalue weighted by Crippen LogP contribution is -2.40. The van der Waals surface area contributed by atoms with E-state index in [-0.39, 0.29) is 24.8 Å². The fraction of sp³-hybridized carbons (Fsp3) is 0.467. The number of fused-ring (bicyclic) bond motifs is 1. The fourth-order valence-electron chi connectivity index (χ4n) is 3.02. The first-order valence-electron chi connectivity index (χ1n) is 6.72. The lowest BCUT2D eigenvalue weighted by Gasteiger charge is -2.34. The summed E-state index contributed by atoms with van der Waals surface area (Å²) < 4.78 is 26.4. The van der Waals surface area contributed by atoms with Crippen LogP contribution in [-0.2, 0) is 6.54 Å². The number of amides is 1. The summed E-state index contributed by atoms with van der Waals surface area (Å²) in [7, 11) is 0. The van der Waals surface area contributed by atoms with Crippen molar-refractivity contribution in [1.29, 1.82) is 5.26 Å². The van der Waals surface area contributed by atoms with Crippen molar-refractivity contribution in [2.75, 3.05) is 0 Å². The molecule has 1 heterocycles. The summed E-state index contributed by atoms with van der Waals surface area (Å²) in [5, 5.41) is 8.87. The molecule has 20 heavy (non-hydrogen) atoms. The van der Waals surface area contributed by atoms with Gasteiger partial charge in [0, 0.05) is 31.0 Å². The Morgan fingerprint density at radius 3 is 2.65 bits per heavy atom. The minimum Gasteiger partial charge on any atom is -0.331 e. The molecule has 1 aromatic rings. The minimum absolute atomic E-state index is 0.111. The van der Waals surface area contributed by atoms with Crippen molar-refractivity contribution in [2.45, 2.75) is 44.2 Å². The Hall–Kier alpha value is -1.96. The molecule has 1 aromatic carbocycles. The lowest BCUT2D eigenvalue weighted by atomic mass is 9.91. The summed E-state index contributed by atoms with van der Waals surface area (Å²) in [6.07, 6.45) is 0.387. The van der Waals surface area contributed by atoms with Crippen molar-refractivity contribution >= 4 is 5.91 Å². The van der Waals surface area contributed by atoms with E-state index in [1.165, 1.54) is 0 Å². The van der Waals surface area contributed by atoms with E-state index in [1.807, 2.05) is 6.07 Å². The van der Waals surface area contributed by atoms with E-state index in [4.69, 9.17) is 5.26 Å². The Kier molecular flexibility index (Phi) is 2.97. The van der Waals surface area contributed by atoms with E-state index in [0.29, 0.717) is 30.5 Å². The quantitative estimate of drug-likeness (QED) is 0.791. The molecule has 0 spiro atoms. The van der Waals surface area contributed by atoms with Crippen LogP contribution in [0, 0.1) is 11.3 Å². The highest BCUT2D eigenvalue weighted by Crippen LogP contribution is 2.37. The molecule has 0 N–H and O–H groups in total. The highest BCUT2D eigenvalue weighted by molar-refractivity contribution is 5.98. The first-order chi connectivity index (χ1) is 9.50. The van der Waals surface area contributed by atoms with Crippen LogP contribution in [0.25, 0.3) is 0 Å². The van der Waals surface area contributed by atoms with Crippen LogP contribution < -0.4 is 0 Å². The van der Waals surface area contributed by atoms with E-state index in [9.17, 15) is 13.6 Å². The second-order valence-electron chi connectivity index (χ2n) is 5.50. The molecule has 0 bridgehead atoms. The molecule has 1 aliphatic carbocycles. The van der Waals surface area contributed by atoms with Gasteiger partial charge in [0.15, 0.2) is 0 Å². The van der Waals surface area contributed by atoms with Gasteiger partial charge in [-0.1, -0.05) is 6.07 Å². The van der Waals surface area contributed by atoms with E-state index in [2.05, 4.69) is 0 Å². The minimum atomic E-state index is -2.58. The molecular formula is C15H14F2N2O. The van der Waals surface area contributed by atoms with Crippen molar-refractivity contribution in [3.05, 3.63) is 34.9 Å². The van der Waals surface area contributed by atoms with Gasteiger partial charge in [-0.25, -0.2) is 8.78 Å². The number of rotatable bonds is 1. The average Bonchev–Trinajstić information content (AvgIpc) is 2.76. The molecule has 2 aliphatic rings. The number of halogens is 2. The maximum Gasteiger partial charge on any atom is 0.254 e. The first kappa shape index (κ1) is 13.0. The van der Waals surface area contributed by atoms with Crippen molar-refractivity contribution in [3.63, 3.8) is 0 Å². The molecule has 0 radical (unpaired) electrons. The molecule has 1 amide bonds. The number of carbonyl (C=O) groups excluding carboxylic acids is 1. The first-order valence-corrected chi connectivity index (χ1v) is 6.72. The monoisotopic (exact) mass is 276 g/mol. The lowest BCUT2D eigenvalue weighted by molar-refractivity contribution is -0.0510. The van der Waals surface area contributed by atoms with Crippen LogP contribution in [0.5, 0.6) is 0 Å². The summed E-state index contributed by atoms with van der Waals surface area (Å²) in [4.78, 5) is 14.0. The Bertz CT molecular complexity index is 596. The molecule has 5 heteroatoms. The molecule has 104 valence electrons. The van der Waals surface area contributed by atoms with Crippen LogP contribution in [0.1, 0.15) is 47.2 Å². The summed E-state index contributed by atoms with van der Waals surface area (Å²) in [5.41, 5.74) is 1.88. The Morgan fingerprint density at radius 1 is 1.30 bits per heavy atom. The van der Waals surface area contributed by atoms with E-state index in [1.54, 1.807) is 23.1 Å². The van der Waals surface area contributed by atoms with Crippen molar-refractivity contribution in [1.82, 2.24) is 4.90 Å². The highest BCUT2D eigenvalue weighted by atomic mass is 19.3. The standard InChI is InChI=1S/C15H14F2N2O/c16-15(17)5-3-12(4-6-15)19-9-11-2-1-10(8-18)7-13(11)14(19)20/h1-2,7,12H,3-6,9H2. The summed E-state index contributed by atoms with van der Waals surface area (Å²) >= 11 is 0. The van der Waals surface area contributed by atoms with Gasteiger partial charge in [-0.05, 0) is 30.5 Å². The SMILES string of the molecule is N#Cc1ccc2c(c1)C(=O)N(C1CCC(F)(F)CC1)C2. The van der Waals surface area contributed by atoms with Gasteiger partial charge in [-0.15, -0.1) is 0 Å². The molecule has 1 fully saturated rings. The predicted octanol–water partition coefficient (Wildman–Crippen LogP) is 3.09. The van der Waals surface area contributed by atoms with Crippen molar-refractivity contribution in [2.24, 2.45) is 0 Å². The third-order valence-corrected chi connectivity index (χ3v) is 4.20. The van der Waals surface area contributed by atoms with Gasteiger partial charge in [-0.2, -0.15) is 5.26 Å². The van der Waals surface area contributed by atoms with Crippen LogP contribution in [0.15, 0.2) is 18.2 Å². The van der Waals surface area contributed by atoms with Crippen LogP contribution in [0.2, 0.25) is 0 Å².